The number of guanidine groups is 1. The maximum absolute atomic E-state index is 8.31. The molecular weight excluding hydrogens is 274 g/mol. The van der Waals surface area contributed by atoms with Gasteiger partial charge in [0.15, 0.2) is 0 Å². The van der Waals surface area contributed by atoms with E-state index in [0.29, 0.717) is 15.6 Å². The lowest BCUT2D eigenvalue weighted by Gasteiger charge is -1.98. The van der Waals surface area contributed by atoms with Crippen LogP contribution in [-0.2, 0) is 0 Å². The first-order valence-corrected chi connectivity index (χ1v) is 4.61. The van der Waals surface area contributed by atoms with E-state index in [4.69, 9.17) is 34.1 Å². The lowest BCUT2D eigenvalue weighted by molar-refractivity contribution is -0.00000387. The molecule has 0 fully saturated rings. The predicted molar refractivity (Wildman–Crippen MR) is 61.7 cm³/mol. The largest absolute Gasteiger partial charge is 1.00 e. The SMILES string of the molecule is N/C(=N\N=C\c1c(Cl)cccc1Cl)NO.[Cl-].[H+]. The van der Waals surface area contributed by atoms with Crippen molar-refractivity contribution in [2.75, 3.05) is 0 Å². The maximum atomic E-state index is 8.31. The Morgan fingerprint density at radius 1 is 1.44 bits per heavy atom. The number of hydrogen-bond donors (Lipinski definition) is 3. The first-order chi connectivity index (χ1) is 7.15. The number of hydrogen-bond acceptors (Lipinski definition) is 3. The van der Waals surface area contributed by atoms with Crippen molar-refractivity contribution >= 4 is 35.4 Å². The van der Waals surface area contributed by atoms with Crippen molar-refractivity contribution in [3.05, 3.63) is 33.8 Å². The predicted octanol–water partition coefficient (Wildman–Crippen LogP) is -1.26. The Hall–Kier alpha value is -1.01. The van der Waals surface area contributed by atoms with E-state index in [-0.39, 0.29) is 19.8 Å². The van der Waals surface area contributed by atoms with E-state index >= 15 is 0 Å². The van der Waals surface area contributed by atoms with Gasteiger partial charge in [0.1, 0.15) is 0 Å². The highest BCUT2D eigenvalue weighted by Gasteiger charge is 2.01. The van der Waals surface area contributed by atoms with Crippen LogP contribution in [-0.4, -0.2) is 17.4 Å². The monoisotopic (exact) mass is 282 g/mol. The summed E-state index contributed by atoms with van der Waals surface area (Å²) in [6.45, 7) is 0. The molecule has 0 heterocycles. The number of nitrogens with zero attached hydrogens (tertiary/aromatic N) is 2. The molecule has 0 aromatic heterocycles. The summed E-state index contributed by atoms with van der Waals surface area (Å²) in [6.07, 6.45) is 1.34. The van der Waals surface area contributed by atoms with E-state index in [1.54, 1.807) is 23.7 Å². The molecule has 0 radical (unpaired) electrons. The Balaban J connectivity index is 0. The summed E-state index contributed by atoms with van der Waals surface area (Å²) < 4.78 is 0. The minimum Gasteiger partial charge on any atom is -1.00 e. The Labute approximate surface area is 110 Å². The smallest absolute Gasteiger partial charge is 1.00 e. The summed E-state index contributed by atoms with van der Waals surface area (Å²) in [5.41, 5.74) is 7.29. The van der Waals surface area contributed by atoms with Crippen molar-refractivity contribution < 1.29 is 19.0 Å². The second-order valence-electron chi connectivity index (χ2n) is 2.48. The second-order valence-corrected chi connectivity index (χ2v) is 3.29. The van der Waals surface area contributed by atoms with Crippen molar-refractivity contribution in [2.45, 2.75) is 0 Å². The summed E-state index contributed by atoms with van der Waals surface area (Å²) in [4.78, 5) is 0. The van der Waals surface area contributed by atoms with Crippen molar-refractivity contribution in [3.63, 3.8) is 0 Å². The Bertz CT molecular complexity index is 394. The molecule has 0 atom stereocenters. The number of rotatable bonds is 2. The molecule has 0 bridgehead atoms. The van der Waals surface area contributed by atoms with Crippen LogP contribution in [0.5, 0.6) is 0 Å². The maximum Gasteiger partial charge on any atom is 1.00 e. The average Bonchev–Trinajstić information content (AvgIpc) is 2.22. The molecule has 16 heavy (non-hydrogen) atoms. The molecule has 1 rings (SSSR count). The Morgan fingerprint density at radius 3 is 2.50 bits per heavy atom. The van der Waals surface area contributed by atoms with Crippen LogP contribution in [0.3, 0.4) is 0 Å². The molecule has 0 saturated heterocycles. The molecule has 0 aliphatic rings. The molecule has 4 N–H and O–H groups in total. The lowest BCUT2D eigenvalue weighted by Crippen LogP contribution is -3.00. The third-order valence-corrected chi connectivity index (χ3v) is 2.13. The standard InChI is InChI=1S/C8H8Cl2N4O.ClH/c9-6-2-1-3-7(10)5(6)4-12-13-8(11)14-15;/h1-4,15H,(H3,11,13,14);1H/b12-4+;. The van der Waals surface area contributed by atoms with Gasteiger partial charge in [0.05, 0.1) is 16.3 Å². The second kappa shape index (κ2) is 7.29. The molecule has 0 aliphatic carbocycles. The number of nitrogens with one attached hydrogen (secondary N) is 1. The van der Waals surface area contributed by atoms with Crippen LogP contribution in [0.1, 0.15) is 6.99 Å². The van der Waals surface area contributed by atoms with Crippen LogP contribution in [0, 0.1) is 0 Å². The van der Waals surface area contributed by atoms with Gasteiger partial charge < -0.3 is 18.1 Å². The van der Waals surface area contributed by atoms with Gasteiger partial charge in [-0.3, -0.25) is 5.21 Å². The number of nitrogens with two attached hydrogens (primary N) is 1. The van der Waals surface area contributed by atoms with E-state index in [0.717, 1.165) is 0 Å². The van der Waals surface area contributed by atoms with E-state index < -0.39 is 0 Å². The van der Waals surface area contributed by atoms with E-state index in [1.807, 2.05) is 0 Å². The first kappa shape index (κ1) is 15.0. The molecule has 0 spiro atoms. The van der Waals surface area contributed by atoms with Gasteiger partial charge in [0.25, 0.3) is 0 Å². The van der Waals surface area contributed by atoms with E-state index in [2.05, 4.69) is 10.2 Å². The molecule has 0 unspecified atom stereocenters. The summed E-state index contributed by atoms with van der Waals surface area (Å²) >= 11 is 11.7. The van der Waals surface area contributed by atoms with Gasteiger partial charge in [-0.05, 0) is 12.1 Å². The van der Waals surface area contributed by atoms with Gasteiger partial charge >= 0.3 is 1.43 Å². The van der Waals surface area contributed by atoms with Crippen molar-refractivity contribution in [1.29, 1.82) is 0 Å². The fourth-order valence-corrected chi connectivity index (χ4v) is 1.30. The number of benzene rings is 1. The van der Waals surface area contributed by atoms with Crippen molar-refractivity contribution in [3.8, 4) is 0 Å². The van der Waals surface area contributed by atoms with Crippen molar-refractivity contribution in [2.24, 2.45) is 15.9 Å². The van der Waals surface area contributed by atoms with Gasteiger partial charge in [-0.15, -0.1) is 5.10 Å². The van der Waals surface area contributed by atoms with Crippen LogP contribution in [0.25, 0.3) is 0 Å². The molecule has 88 valence electrons. The summed E-state index contributed by atoms with van der Waals surface area (Å²) in [5, 5.41) is 16.2. The van der Waals surface area contributed by atoms with Crippen molar-refractivity contribution in [1.82, 2.24) is 5.48 Å². The normalized spacial score (nSPS) is 11.3. The third kappa shape index (κ3) is 4.24. The quantitative estimate of drug-likeness (QED) is 0.360. The van der Waals surface area contributed by atoms with Crippen LogP contribution in [0.2, 0.25) is 10.0 Å². The molecule has 1 aromatic carbocycles. The Kier molecular flexibility index (Phi) is 6.83. The average molecular weight is 284 g/mol. The molecule has 0 amide bonds. The van der Waals surface area contributed by atoms with Crippen LogP contribution in [0.15, 0.2) is 28.4 Å². The highest BCUT2D eigenvalue weighted by atomic mass is 35.5. The third-order valence-electron chi connectivity index (χ3n) is 1.47. The van der Waals surface area contributed by atoms with Gasteiger partial charge in [0.2, 0.25) is 5.96 Å². The molecule has 5 nitrogen and oxygen atoms in total. The summed E-state index contributed by atoms with van der Waals surface area (Å²) in [5.74, 6) is -0.227. The fraction of sp³-hybridized carbons (Fsp3) is 0. The fourth-order valence-electron chi connectivity index (χ4n) is 0.805. The van der Waals surface area contributed by atoms with Gasteiger partial charge in [-0.25, -0.2) is 5.48 Å². The van der Waals surface area contributed by atoms with Crippen LogP contribution < -0.4 is 23.6 Å². The van der Waals surface area contributed by atoms with Gasteiger partial charge in [0, 0.05) is 5.56 Å². The minimum absolute atomic E-state index is 0. The molecule has 0 saturated carbocycles. The first-order valence-electron chi connectivity index (χ1n) is 3.85. The molecular formula is C8H9Cl3N4O. The molecule has 0 aliphatic heterocycles. The summed E-state index contributed by atoms with van der Waals surface area (Å²) in [7, 11) is 0. The lowest BCUT2D eigenvalue weighted by atomic mass is 10.2. The molecule has 1 aromatic rings. The topological polar surface area (TPSA) is 83.0 Å². The molecule has 8 heteroatoms. The highest BCUT2D eigenvalue weighted by molar-refractivity contribution is 6.38. The summed E-state index contributed by atoms with van der Waals surface area (Å²) in [6, 6.07) is 5.06. The van der Waals surface area contributed by atoms with E-state index in [1.165, 1.54) is 6.21 Å². The van der Waals surface area contributed by atoms with Crippen LogP contribution >= 0.6 is 23.2 Å². The highest BCUT2D eigenvalue weighted by Crippen LogP contribution is 2.22. The number of halogens is 3. The zero-order valence-corrected chi connectivity index (χ0v) is 10.1. The van der Waals surface area contributed by atoms with Crippen LogP contribution in [0.4, 0.5) is 0 Å². The zero-order valence-electron chi connectivity index (χ0n) is 8.86. The minimum atomic E-state index is -0.227. The van der Waals surface area contributed by atoms with Gasteiger partial charge in [-0.1, -0.05) is 29.3 Å². The van der Waals surface area contributed by atoms with E-state index in [9.17, 15) is 0 Å². The van der Waals surface area contributed by atoms with Gasteiger partial charge in [-0.2, -0.15) is 5.10 Å². The Morgan fingerprint density at radius 2 is 2.00 bits per heavy atom. The zero-order chi connectivity index (χ0) is 11.3. The number of hydroxylamine groups is 1.